The number of nitrogens with zero attached hydrogens (tertiary/aromatic N) is 2. The lowest BCUT2D eigenvalue weighted by atomic mass is 9.71. The van der Waals surface area contributed by atoms with Gasteiger partial charge in [-0.25, -0.2) is 0 Å². The molecule has 0 saturated carbocycles. The molecule has 5 nitrogen and oxygen atoms in total. The minimum atomic E-state index is 0.296. The fourth-order valence-electron chi connectivity index (χ4n) is 6.51. The number of allylic oxidation sites excluding steroid dienone is 1. The smallest absolute Gasteiger partial charge is 0.223 e. The number of carbonyl (C=O) groups excluding carboxylic acids is 1. The minimum absolute atomic E-state index is 0.296. The number of likely N-dealkylation sites (tertiary alicyclic amines) is 2. The van der Waals surface area contributed by atoms with Gasteiger partial charge in [0.05, 0.1) is 14.2 Å². The molecule has 2 atom stereocenters. The standard InChI is InChI=1S/C28H42N2O3/c1-20-7-6-14-28(2,3)23(20)12-15-29-16-13-24-22(19-29)9-11-27(31)30(24)18-21-8-10-25(32-4)26(17-21)33-5/h8,10,17,22,24H,6-7,9,11-16,18-19H2,1-5H3/t22-,24+/m0/s1. The van der Waals surface area contributed by atoms with Crippen molar-refractivity contribution in [3.8, 4) is 11.5 Å². The van der Waals surface area contributed by atoms with E-state index in [4.69, 9.17) is 9.47 Å². The zero-order valence-corrected chi connectivity index (χ0v) is 21.3. The maximum Gasteiger partial charge on any atom is 0.223 e. The number of methoxy groups -OCH3 is 2. The lowest BCUT2D eigenvalue weighted by molar-refractivity contribution is -0.142. The zero-order chi connectivity index (χ0) is 23.6. The SMILES string of the molecule is COc1ccc(CN2C(=O)CC[C@H]3CN(CCC4=C(C)CCCC4(C)C)CC[C@H]32)cc1OC. The molecule has 5 heteroatoms. The summed E-state index contributed by atoms with van der Waals surface area (Å²) in [7, 11) is 3.31. The van der Waals surface area contributed by atoms with Gasteiger partial charge in [0, 0.05) is 38.6 Å². The molecule has 0 spiro atoms. The normalized spacial score (nSPS) is 25.7. The second-order valence-corrected chi connectivity index (χ2v) is 10.9. The van der Waals surface area contributed by atoms with Crippen LogP contribution in [0.25, 0.3) is 0 Å². The van der Waals surface area contributed by atoms with Crippen molar-refractivity contribution in [3.63, 3.8) is 0 Å². The van der Waals surface area contributed by atoms with E-state index in [0.717, 1.165) is 49.5 Å². The van der Waals surface area contributed by atoms with Crippen LogP contribution in [0.3, 0.4) is 0 Å². The third-order valence-electron chi connectivity index (χ3n) is 8.39. The molecule has 0 aromatic heterocycles. The first-order valence-electron chi connectivity index (χ1n) is 12.7. The highest BCUT2D eigenvalue weighted by molar-refractivity contribution is 5.77. The number of ether oxygens (including phenoxy) is 2. The molecule has 2 aliphatic heterocycles. The Morgan fingerprint density at radius 3 is 2.61 bits per heavy atom. The van der Waals surface area contributed by atoms with Gasteiger partial charge in [-0.1, -0.05) is 31.1 Å². The highest BCUT2D eigenvalue weighted by Crippen LogP contribution is 2.42. The molecular formula is C28H42N2O3. The van der Waals surface area contributed by atoms with Crippen molar-refractivity contribution < 1.29 is 14.3 Å². The van der Waals surface area contributed by atoms with Gasteiger partial charge in [-0.3, -0.25) is 4.79 Å². The van der Waals surface area contributed by atoms with E-state index in [1.807, 2.05) is 12.1 Å². The highest BCUT2D eigenvalue weighted by atomic mass is 16.5. The van der Waals surface area contributed by atoms with Crippen LogP contribution in [0.1, 0.15) is 71.3 Å². The average Bonchev–Trinajstić information content (AvgIpc) is 2.80. The van der Waals surface area contributed by atoms with E-state index in [-0.39, 0.29) is 0 Å². The summed E-state index contributed by atoms with van der Waals surface area (Å²) >= 11 is 0. The number of amides is 1. The van der Waals surface area contributed by atoms with Crippen molar-refractivity contribution in [2.24, 2.45) is 11.3 Å². The van der Waals surface area contributed by atoms with E-state index in [1.54, 1.807) is 25.4 Å². The Labute approximate surface area is 200 Å². The predicted molar refractivity (Wildman–Crippen MR) is 133 cm³/mol. The van der Waals surface area contributed by atoms with Crippen LogP contribution in [0.2, 0.25) is 0 Å². The van der Waals surface area contributed by atoms with Crippen LogP contribution in [0, 0.1) is 11.3 Å². The van der Waals surface area contributed by atoms with Gasteiger partial charge in [0.2, 0.25) is 5.91 Å². The Morgan fingerprint density at radius 2 is 1.88 bits per heavy atom. The highest BCUT2D eigenvalue weighted by Gasteiger charge is 2.39. The Bertz CT molecular complexity index is 891. The first-order valence-corrected chi connectivity index (χ1v) is 12.7. The molecule has 1 amide bonds. The molecule has 0 radical (unpaired) electrons. The van der Waals surface area contributed by atoms with Gasteiger partial charge in [0.15, 0.2) is 11.5 Å². The van der Waals surface area contributed by atoms with E-state index >= 15 is 0 Å². The molecule has 2 heterocycles. The summed E-state index contributed by atoms with van der Waals surface area (Å²) in [5.74, 6) is 2.32. The largest absolute Gasteiger partial charge is 0.493 e. The van der Waals surface area contributed by atoms with Gasteiger partial charge in [0.25, 0.3) is 0 Å². The van der Waals surface area contributed by atoms with E-state index in [1.165, 1.54) is 25.7 Å². The molecular weight excluding hydrogens is 412 g/mol. The Hall–Kier alpha value is -2.01. The van der Waals surface area contributed by atoms with E-state index < -0.39 is 0 Å². The van der Waals surface area contributed by atoms with Gasteiger partial charge in [-0.15, -0.1) is 0 Å². The zero-order valence-electron chi connectivity index (χ0n) is 21.3. The molecule has 4 rings (SSSR count). The average molecular weight is 455 g/mol. The topological polar surface area (TPSA) is 42.0 Å². The Kier molecular flexibility index (Phi) is 7.37. The van der Waals surface area contributed by atoms with Crippen LogP contribution in [-0.2, 0) is 11.3 Å². The number of rotatable bonds is 7. The number of hydrogen-bond donors (Lipinski definition) is 0. The van der Waals surface area contributed by atoms with E-state index in [9.17, 15) is 4.79 Å². The number of hydrogen-bond acceptors (Lipinski definition) is 4. The van der Waals surface area contributed by atoms with Crippen LogP contribution in [0.15, 0.2) is 29.3 Å². The van der Waals surface area contributed by atoms with Crippen LogP contribution < -0.4 is 9.47 Å². The molecule has 0 N–H and O–H groups in total. The van der Waals surface area contributed by atoms with Gasteiger partial charge in [-0.05, 0) is 74.5 Å². The summed E-state index contributed by atoms with van der Waals surface area (Å²) < 4.78 is 10.8. The third-order valence-corrected chi connectivity index (χ3v) is 8.39. The Balaban J connectivity index is 1.39. The van der Waals surface area contributed by atoms with Gasteiger partial charge in [0.1, 0.15) is 0 Å². The van der Waals surface area contributed by atoms with Crippen LogP contribution in [0.4, 0.5) is 0 Å². The van der Waals surface area contributed by atoms with Gasteiger partial charge < -0.3 is 19.3 Å². The van der Waals surface area contributed by atoms with Crippen molar-refractivity contribution in [3.05, 3.63) is 34.9 Å². The van der Waals surface area contributed by atoms with Crippen LogP contribution >= 0.6 is 0 Å². The third kappa shape index (κ3) is 5.24. The summed E-state index contributed by atoms with van der Waals surface area (Å²) in [5, 5.41) is 0. The summed E-state index contributed by atoms with van der Waals surface area (Å²) in [4.78, 5) is 17.7. The summed E-state index contributed by atoms with van der Waals surface area (Å²) in [6.07, 6.45) is 7.89. The van der Waals surface area contributed by atoms with E-state index in [2.05, 4.69) is 36.6 Å². The lowest BCUT2D eigenvalue weighted by Crippen LogP contribution is -2.55. The van der Waals surface area contributed by atoms with Crippen molar-refractivity contribution in [2.45, 2.75) is 78.3 Å². The molecule has 0 bridgehead atoms. The van der Waals surface area contributed by atoms with Crippen molar-refractivity contribution in [1.29, 1.82) is 0 Å². The minimum Gasteiger partial charge on any atom is -0.493 e. The molecule has 2 fully saturated rings. The fourth-order valence-corrected chi connectivity index (χ4v) is 6.51. The molecule has 3 aliphatic rings. The Morgan fingerprint density at radius 1 is 1.09 bits per heavy atom. The van der Waals surface area contributed by atoms with Crippen LogP contribution in [-0.4, -0.2) is 55.6 Å². The first-order chi connectivity index (χ1) is 15.8. The lowest BCUT2D eigenvalue weighted by Gasteiger charge is -2.47. The number of piperidine rings is 2. The molecule has 33 heavy (non-hydrogen) atoms. The molecule has 1 aromatic rings. The van der Waals surface area contributed by atoms with Crippen molar-refractivity contribution in [1.82, 2.24) is 9.80 Å². The summed E-state index contributed by atoms with van der Waals surface area (Å²) in [6, 6.07) is 6.34. The quantitative estimate of drug-likeness (QED) is 0.515. The van der Waals surface area contributed by atoms with Crippen LogP contribution in [0.5, 0.6) is 11.5 Å². The monoisotopic (exact) mass is 454 g/mol. The molecule has 2 saturated heterocycles. The molecule has 0 unspecified atom stereocenters. The first kappa shape index (κ1) is 24.1. The number of benzene rings is 1. The molecule has 1 aromatic carbocycles. The predicted octanol–water partition coefficient (Wildman–Crippen LogP) is 5.43. The maximum atomic E-state index is 12.9. The molecule has 1 aliphatic carbocycles. The molecule has 182 valence electrons. The second-order valence-electron chi connectivity index (χ2n) is 10.9. The van der Waals surface area contributed by atoms with Gasteiger partial charge in [-0.2, -0.15) is 0 Å². The van der Waals surface area contributed by atoms with Crippen molar-refractivity contribution in [2.75, 3.05) is 33.9 Å². The van der Waals surface area contributed by atoms with Crippen molar-refractivity contribution >= 4 is 5.91 Å². The van der Waals surface area contributed by atoms with Gasteiger partial charge >= 0.3 is 0 Å². The second kappa shape index (κ2) is 10.1. The number of fused-ring (bicyclic) bond motifs is 1. The number of carbonyl (C=O) groups is 1. The van der Waals surface area contributed by atoms with E-state index in [0.29, 0.717) is 36.2 Å². The summed E-state index contributed by atoms with van der Waals surface area (Å²) in [6.45, 7) is 11.2. The summed E-state index contributed by atoms with van der Waals surface area (Å²) in [5.41, 5.74) is 4.79. The maximum absolute atomic E-state index is 12.9. The fraction of sp³-hybridized carbons (Fsp3) is 0.679.